The molecule has 1 aromatic rings. The van der Waals surface area contributed by atoms with Gasteiger partial charge in [0.2, 0.25) is 5.88 Å². The second kappa shape index (κ2) is 5.44. The summed E-state index contributed by atoms with van der Waals surface area (Å²) in [6, 6.07) is 5.87. The van der Waals surface area contributed by atoms with Crippen molar-refractivity contribution >= 4 is 0 Å². The van der Waals surface area contributed by atoms with E-state index in [9.17, 15) is 0 Å². The van der Waals surface area contributed by atoms with Crippen LogP contribution in [0, 0.1) is 0 Å². The van der Waals surface area contributed by atoms with Crippen molar-refractivity contribution in [3.05, 3.63) is 23.9 Å². The van der Waals surface area contributed by atoms with Gasteiger partial charge in [-0.1, -0.05) is 6.07 Å². The molecule has 1 fully saturated rings. The third-order valence-electron chi connectivity index (χ3n) is 3.09. The molecule has 0 aromatic carbocycles. The monoisotopic (exact) mass is 237 g/mol. The van der Waals surface area contributed by atoms with Crippen LogP contribution in [-0.4, -0.2) is 49.8 Å². The minimum atomic E-state index is -0.00615. The number of likely N-dealkylation sites (N-methyl/N-ethyl adjacent to an activating group) is 1. The van der Waals surface area contributed by atoms with E-state index < -0.39 is 0 Å². The Hall–Kier alpha value is -1.17. The van der Waals surface area contributed by atoms with Crippen LogP contribution in [-0.2, 0) is 4.74 Å². The molecule has 2 heterocycles. The number of aromatic nitrogens is 1. The van der Waals surface area contributed by atoms with E-state index in [1.807, 2.05) is 18.2 Å². The van der Waals surface area contributed by atoms with Crippen LogP contribution in [0.25, 0.3) is 0 Å². The van der Waals surface area contributed by atoms with Crippen molar-refractivity contribution in [2.75, 3.05) is 33.9 Å². The summed E-state index contributed by atoms with van der Waals surface area (Å²) in [5, 5.41) is 0. The molecule has 5 nitrogen and oxygen atoms in total. The normalized spacial score (nSPS) is 25.8. The SMILES string of the molecule is COc1cccc(C2C(CN)OCCN2C)n1. The Morgan fingerprint density at radius 1 is 1.59 bits per heavy atom. The lowest BCUT2D eigenvalue weighted by Gasteiger charge is -2.38. The number of ether oxygens (including phenoxy) is 2. The van der Waals surface area contributed by atoms with Crippen LogP contribution < -0.4 is 10.5 Å². The van der Waals surface area contributed by atoms with Gasteiger partial charge in [-0.2, -0.15) is 0 Å². The second-order valence-electron chi connectivity index (χ2n) is 4.18. The van der Waals surface area contributed by atoms with E-state index in [1.165, 1.54) is 0 Å². The van der Waals surface area contributed by atoms with E-state index >= 15 is 0 Å². The Balaban J connectivity index is 2.27. The zero-order valence-electron chi connectivity index (χ0n) is 10.3. The fourth-order valence-corrected chi connectivity index (χ4v) is 2.18. The van der Waals surface area contributed by atoms with Crippen molar-refractivity contribution in [3.63, 3.8) is 0 Å². The van der Waals surface area contributed by atoms with E-state index in [0.717, 1.165) is 18.8 Å². The Labute approximate surface area is 102 Å². The lowest BCUT2D eigenvalue weighted by molar-refractivity contribution is -0.0591. The average Bonchev–Trinajstić information content (AvgIpc) is 2.38. The molecule has 94 valence electrons. The Bertz CT molecular complexity index is 373. The first-order chi connectivity index (χ1) is 8.26. The van der Waals surface area contributed by atoms with E-state index in [-0.39, 0.29) is 12.1 Å². The zero-order chi connectivity index (χ0) is 12.3. The van der Waals surface area contributed by atoms with Crippen molar-refractivity contribution in [1.29, 1.82) is 0 Å². The molecule has 1 aliphatic heterocycles. The number of methoxy groups -OCH3 is 1. The number of pyridine rings is 1. The summed E-state index contributed by atoms with van der Waals surface area (Å²) in [6.45, 7) is 2.10. The van der Waals surface area contributed by atoms with Crippen LogP contribution in [0.2, 0.25) is 0 Å². The van der Waals surface area contributed by atoms with E-state index in [4.69, 9.17) is 15.2 Å². The summed E-state index contributed by atoms with van der Waals surface area (Å²) in [4.78, 5) is 6.69. The number of rotatable bonds is 3. The standard InChI is InChI=1S/C12H19N3O2/c1-15-6-7-17-10(8-13)12(15)9-4-3-5-11(14-9)16-2/h3-5,10,12H,6-8,13H2,1-2H3. The first kappa shape index (κ1) is 12.3. The van der Waals surface area contributed by atoms with E-state index in [0.29, 0.717) is 12.4 Å². The molecule has 2 unspecified atom stereocenters. The average molecular weight is 237 g/mol. The maximum Gasteiger partial charge on any atom is 0.213 e. The van der Waals surface area contributed by atoms with Gasteiger partial charge in [0.1, 0.15) is 0 Å². The quantitative estimate of drug-likeness (QED) is 0.825. The predicted octanol–water partition coefficient (Wildman–Crippen LogP) is 0.421. The third kappa shape index (κ3) is 2.57. The molecule has 2 atom stereocenters. The minimum Gasteiger partial charge on any atom is -0.481 e. The second-order valence-corrected chi connectivity index (χ2v) is 4.18. The van der Waals surface area contributed by atoms with Gasteiger partial charge in [-0.25, -0.2) is 4.98 Å². The van der Waals surface area contributed by atoms with Crippen LogP contribution in [0.4, 0.5) is 0 Å². The summed E-state index contributed by atoms with van der Waals surface area (Å²) in [5.41, 5.74) is 6.70. The first-order valence-electron chi connectivity index (χ1n) is 5.79. The highest BCUT2D eigenvalue weighted by Gasteiger charge is 2.31. The molecule has 5 heteroatoms. The summed E-state index contributed by atoms with van der Waals surface area (Å²) in [5.74, 6) is 0.622. The van der Waals surface area contributed by atoms with Crippen LogP contribution in [0.5, 0.6) is 5.88 Å². The summed E-state index contributed by atoms with van der Waals surface area (Å²) < 4.78 is 10.8. The fourth-order valence-electron chi connectivity index (χ4n) is 2.18. The van der Waals surface area contributed by atoms with Gasteiger partial charge in [0.25, 0.3) is 0 Å². The molecule has 0 aliphatic carbocycles. The van der Waals surface area contributed by atoms with Gasteiger partial charge in [0.15, 0.2) is 0 Å². The molecule has 0 bridgehead atoms. The lowest BCUT2D eigenvalue weighted by Crippen LogP contribution is -2.46. The Morgan fingerprint density at radius 2 is 2.41 bits per heavy atom. The van der Waals surface area contributed by atoms with Crippen molar-refractivity contribution < 1.29 is 9.47 Å². The van der Waals surface area contributed by atoms with Crippen molar-refractivity contribution in [2.24, 2.45) is 5.73 Å². The highest BCUT2D eigenvalue weighted by Crippen LogP contribution is 2.27. The maximum absolute atomic E-state index is 5.75. The maximum atomic E-state index is 5.75. The molecule has 0 spiro atoms. The highest BCUT2D eigenvalue weighted by atomic mass is 16.5. The molecule has 2 N–H and O–H groups in total. The Morgan fingerprint density at radius 3 is 3.12 bits per heavy atom. The van der Waals surface area contributed by atoms with Crippen molar-refractivity contribution in [1.82, 2.24) is 9.88 Å². The van der Waals surface area contributed by atoms with Crippen LogP contribution >= 0.6 is 0 Å². The molecule has 17 heavy (non-hydrogen) atoms. The summed E-state index contributed by atoms with van der Waals surface area (Å²) in [6.07, 6.45) is -0.00615. The molecular formula is C12H19N3O2. The summed E-state index contributed by atoms with van der Waals surface area (Å²) >= 11 is 0. The minimum absolute atomic E-state index is 0.00615. The lowest BCUT2D eigenvalue weighted by atomic mass is 10.0. The van der Waals surface area contributed by atoms with Crippen molar-refractivity contribution in [3.8, 4) is 5.88 Å². The summed E-state index contributed by atoms with van der Waals surface area (Å²) in [7, 11) is 3.69. The van der Waals surface area contributed by atoms with Gasteiger partial charge < -0.3 is 15.2 Å². The van der Waals surface area contributed by atoms with Gasteiger partial charge in [-0.15, -0.1) is 0 Å². The molecule has 0 saturated carbocycles. The van der Waals surface area contributed by atoms with Crippen LogP contribution in [0.3, 0.4) is 0 Å². The predicted molar refractivity (Wildman–Crippen MR) is 65.0 cm³/mol. The molecule has 1 aliphatic rings. The van der Waals surface area contributed by atoms with Crippen LogP contribution in [0.1, 0.15) is 11.7 Å². The van der Waals surface area contributed by atoms with Gasteiger partial charge >= 0.3 is 0 Å². The van der Waals surface area contributed by atoms with Gasteiger partial charge in [-0.3, -0.25) is 4.90 Å². The fraction of sp³-hybridized carbons (Fsp3) is 0.583. The zero-order valence-corrected chi connectivity index (χ0v) is 10.3. The largest absolute Gasteiger partial charge is 0.481 e. The van der Waals surface area contributed by atoms with Gasteiger partial charge in [0.05, 0.1) is 31.6 Å². The number of hydrogen-bond acceptors (Lipinski definition) is 5. The van der Waals surface area contributed by atoms with Crippen LogP contribution in [0.15, 0.2) is 18.2 Å². The van der Waals surface area contributed by atoms with E-state index in [1.54, 1.807) is 7.11 Å². The Kier molecular flexibility index (Phi) is 3.93. The van der Waals surface area contributed by atoms with E-state index in [2.05, 4.69) is 16.9 Å². The van der Waals surface area contributed by atoms with Gasteiger partial charge in [-0.05, 0) is 13.1 Å². The molecule has 2 rings (SSSR count). The highest BCUT2D eigenvalue weighted by molar-refractivity contribution is 5.19. The number of nitrogens with two attached hydrogens (primary N) is 1. The number of nitrogens with zero attached hydrogens (tertiary/aromatic N) is 2. The smallest absolute Gasteiger partial charge is 0.213 e. The molecule has 1 saturated heterocycles. The first-order valence-corrected chi connectivity index (χ1v) is 5.79. The third-order valence-corrected chi connectivity index (χ3v) is 3.09. The van der Waals surface area contributed by atoms with Gasteiger partial charge in [0, 0.05) is 19.2 Å². The molecular weight excluding hydrogens is 218 g/mol. The molecule has 0 radical (unpaired) electrons. The molecule has 0 amide bonds. The number of morpholine rings is 1. The topological polar surface area (TPSA) is 60.6 Å². The van der Waals surface area contributed by atoms with Crippen molar-refractivity contribution in [2.45, 2.75) is 12.1 Å². The molecule has 1 aromatic heterocycles. The number of hydrogen-bond donors (Lipinski definition) is 1.